The molecular formula is C20H25FIN3O3S. The van der Waals surface area contributed by atoms with Crippen molar-refractivity contribution < 1.29 is 17.6 Å². The number of nitrogens with one attached hydrogen (secondary N) is 3. The highest BCUT2D eigenvalue weighted by atomic mass is 127. The van der Waals surface area contributed by atoms with Crippen molar-refractivity contribution in [3.63, 3.8) is 0 Å². The third-order valence-electron chi connectivity index (χ3n) is 4.11. The van der Waals surface area contributed by atoms with Crippen LogP contribution in [0.5, 0.6) is 0 Å². The van der Waals surface area contributed by atoms with Crippen molar-refractivity contribution in [1.29, 1.82) is 0 Å². The van der Waals surface area contributed by atoms with Crippen molar-refractivity contribution in [2.75, 3.05) is 22.8 Å². The van der Waals surface area contributed by atoms with Gasteiger partial charge in [-0.25, -0.2) is 17.6 Å². The molecule has 9 heteroatoms. The Labute approximate surface area is 184 Å². The topological polar surface area (TPSA) is 87.3 Å². The summed E-state index contributed by atoms with van der Waals surface area (Å²) in [6, 6.07) is 10.4. The Morgan fingerprint density at radius 2 is 1.76 bits per heavy atom. The quantitative estimate of drug-likeness (QED) is 0.480. The van der Waals surface area contributed by atoms with Crippen molar-refractivity contribution >= 4 is 50.0 Å². The van der Waals surface area contributed by atoms with Crippen LogP contribution in [-0.2, 0) is 21.9 Å². The van der Waals surface area contributed by atoms with E-state index in [9.17, 15) is 17.6 Å². The van der Waals surface area contributed by atoms with Gasteiger partial charge in [0.25, 0.3) is 0 Å². The molecule has 0 unspecified atom stereocenters. The molecule has 0 aliphatic carbocycles. The van der Waals surface area contributed by atoms with Crippen LogP contribution < -0.4 is 15.4 Å². The predicted octanol–water partition coefficient (Wildman–Crippen LogP) is 4.46. The molecule has 0 fully saturated rings. The molecule has 2 aromatic carbocycles. The molecule has 0 aliphatic rings. The van der Waals surface area contributed by atoms with Gasteiger partial charge in [-0.2, -0.15) is 0 Å². The second kappa shape index (κ2) is 9.29. The Morgan fingerprint density at radius 1 is 1.14 bits per heavy atom. The maximum Gasteiger partial charge on any atom is 0.319 e. The summed E-state index contributed by atoms with van der Waals surface area (Å²) in [6.45, 7) is 6.89. The van der Waals surface area contributed by atoms with Crippen LogP contribution in [0.3, 0.4) is 0 Å². The van der Waals surface area contributed by atoms with Crippen LogP contribution in [0.4, 0.5) is 20.6 Å². The van der Waals surface area contributed by atoms with Crippen LogP contribution in [0.25, 0.3) is 0 Å². The third kappa shape index (κ3) is 7.46. The standard InChI is InChI=1S/C20H25FIN3O3S/c1-20(2,3)14-7-5-13(6-8-14)9-10-23-19(26)24-15-11-16(21)18(17(22)12-15)25-29(4,27)28/h5-8,11-12,25H,9-10H2,1-4H3,(H2,23,24,26). The molecule has 0 aliphatic heterocycles. The Morgan fingerprint density at radius 3 is 2.28 bits per heavy atom. The highest BCUT2D eigenvalue weighted by Crippen LogP contribution is 2.27. The molecule has 2 rings (SSSR count). The van der Waals surface area contributed by atoms with Gasteiger partial charge in [-0.05, 0) is 57.7 Å². The number of rotatable bonds is 6. The zero-order valence-electron chi connectivity index (χ0n) is 16.8. The van der Waals surface area contributed by atoms with Crippen molar-refractivity contribution in [1.82, 2.24) is 5.32 Å². The van der Waals surface area contributed by atoms with Gasteiger partial charge in [-0.1, -0.05) is 45.0 Å². The fraction of sp³-hybridized carbons (Fsp3) is 0.350. The smallest absolute Gasteiger partial charge is 0.319 e. The summed E-state index contributed by atoms with van der Waals surface area (Å²) >= 11 is 1.80. The lowest BCUT2D eigenvalue weighted by Gasteiger charge is -2.19. The van der Waals surface area contributed by atoms with Gasteiger partial charge in [0.1, 0.15) is 5.82 Å². The van der Waals surface area contributed by atoms with Crippen LogP contribution in [0.15, 0.2) is 36.4 Å². The van der Waals surface area contributed by atoms with Gasteiger partial charge in [0.05, 0.1) is 11.9 Å². The summed E-state index contributed by atoms with van der Waals surface area (Å²) in [5, 5.41) is 5.29. The van der Waals surface area contributed by atoms with Gasteiger partial charge >= 0.3 is 6.03 Å². The van der Waals surface area contributed by atoms with E-state index in [0.717, 1.165) is 17.9 Å². The molecule has 158 valence electrons. The number of anilines is 2. The molecule has 0 atom stereocenters. The second-order valence-corrected chi connectivity index (χ2v) is 10.7. The minimum atomic E-state index is -3.60. The summed E-state index contributed by atoms with van der Waals surface area (Å²) < 4.78 is 39.3. The zero-order valence-corrected chi connectivity index (χ0v) is 19.7. The van der Waals surface area contributed by atoms with Gasteiger partial charge in [0.2, 0.25) is 10.0 Å². The Kier molecular flexibility index (Phi) is 7.50. The second-order valence-electron chi connectivity index (χ2n) is 7.77. The minimum absolute atomic E-state index is 0.0931. The van der Waals surface area contributed by atoms with Crippen molar-refractivity contribution in [2.45, 2.75) is 32.6 Å². The number of benzene rings is 2. The first-order valence-corrected chi connectivity index (χ1v) is 11.9. The summed E-state index contributed by atoms with van der Waals surface area (Å²) in [4.78, 5) is 12.1. The lowest BCUT2D eigenvalue weighted by molar-refractivity contribution is 0.252. The Bertz CT molecular complexity index is 964. The number of carbonyl (C=O) groups excluding carboxylic acids is 1. The van der Waals surface area contributed by atoms with Crippen LogP contribution >= 0.6 is 22.6 Å². The van der Waals surface area contributed by atoms with E-state index >= 15 is 0 Å². The molecule has 6 nitrogen and oxygen atoms in total. The van der Waals surface area contributed by atoms with E-state index in [1.54, 1.807) is 22.6 Å². The van der Waals surface area contributed by atoms with Gasteiger partial charge < -0.3 is 10.6 Å². The van der Waals surface area contributed by atoms with E-state index in [0.29, 0.717) is 16.5 Å². The SMILES string of the molecule is CC(C)(C)c1ccc(CCNC(=O)Nc2cc(F)c(NS(C)(=O)=O)c(I)c2)cc1. The number of carbonyl (C=O) groups is 1. The molecule has 0 heterocycles. The fourth-order valence-corrected chi connectivity index (χ4v) is 4.08. The Balaban J connectivity index is 1.91. The van der Waals surface area contributed by atoms with Crippen LogP contribution in [0, 0.1) is 9.39 Å². The van der Waals surface area contributed by atoms with Gasteiger partial charge in [-0.3, -0.25) is 4.72 Å². The number of amides is 2. The summed E-state index contributed by atoms with van der Waals surface area (Å²) in [5.41, 5.74) is 2.54. The molecule has 3 N–H and O–H groups in total. The number of hydrogen-bond donors (Lipinski definition) is 3. The summed E-state index contributed by atoms with van der Waals surface area (Å²) in [7, 11) is -3.60. The monoisotopic (exact) mass is 533 g/mol. The molecule has 2 aromatic rings. The largest absolute Gasteiger partial charge is 0.338 e. The van der Waals surface area contributed by atoms with Crippen molar-refractivity contribution in [3.8, 4) is 0 Å². The molecule has 2 amide bonds. The summed E-state index contributed by atoms with van der Waals surface area (Å²) in [6.07, 6.45) is 1.61. The van der Waals surface area contributed by atoms with E-state index in [2.05, 4.69) is 48.3 Å². The average Bonchev–Trinajstić information content (AvgIpc) is 2.57. The number of urea groups is 1. The number of sulfonamides is 1. The lowest BCUT2D eigenvalue weighted by Crippen LogP contribution is -2.30. The molecule has 0 aromatic heterocycles. The van der Waals surface area contributed by atoms with Crippen molar-refractivity contribution in [3.05, 3.63) is 56.9 Å². The van der Waals surface area contributed by atoms with E-state index < -0.39 is 21.9 Å². The number of hydrogen-bond acceptors (Lipinski definition) is 3. The van der Waals surface area contributed by atoms with Crippen LogP contribution in [0.2, 0.25) is 0 Å². The first-order chi connectivity index (χ1) is 13.3. The van der Waals surface area contributed by atoms with E-state index in [1.807, 2.05) is 12.1 Å². The average molecular weight is 533 g/mol. The predicted molar refractivity (Wildman–Crippen MR) is 123 cm³/mol. The van der Waals surface area contributed by atoms with E-state index in [-0.39, 0.29) is 16.8 Å². The highest BCUT2D eigenvalue weighted by Gasteiger charge is 2.15. The summed E-state index contributed by atoms with van der Waals surface area (Å²) in [5.74, 6) is -0.767. The first kappa shape index (κ1) is 23.4. The van der Waals surface area contributed by atoms with Crippen LogP contribution in [0.1, 0.15) is 31.9 Å². The third-order valence-corrected chi connectivity index (χ3v) is 5.53. The molecular weight excluding hydrogens is 508 g/mol. The van der Waals surface area contributed by atoms with Gasteiger partial charge in [0, 0.05) is 15.8 Å². The maximum atomic E-state index is 14.2. The van der Waals surface area contributed by atoms with Crippen LogP contribution in [-0.4, -0.2) is 27.2 Å². The lowest BCUT2D eigenvalue weighted by atomic mass is 9.86. The zero-order chi connectivity index (χ0) is 21.8. The number of halogens is 2. The van der Waals surface area contributed by atoms with Crippen molar-refractivity contribution in [2.24, 2.45) is 0 Å². The minimum Gasteiger partial charge on any atom is -0.338 e. The van der Waals surface area contributed by atoms with E-state index in [4.69, 9.17) is 0 Å². The molecule has 0 saturated heterocycles. The molecule has 0 spiro atoms. The fourth-order valence-electron chi connectivity index (χ4n) is 2.60. The van der Waals surface area contributed by atoms with Gasteiger partial charge in [0.15, 0.2) is 0 Å². The molecule has 0 saturated carbocycles. The molecule has 0 radical (unpaired) electrons. The van der Waals surface area contributed by atoms with Gasteiger partial charge in [-0.15, -0.1) is 0 Å². The van der Waals surface area contributed by atoms with E-state index in [1.165, 1.54) is 11.6 Å². The highest BCUT2D eigenvalue weighted by molar-refractivity contribution is 14.1. The Hall–Kier alpha value is -1.88. The maximum absolute atomic E-state index is 14.2. The first-order valence-electron chi connectivity index (χ1n) is 8.96. The molecule has 29 heavy (non-hydrogen) atoms. The molecule has 0 bridgehead atoms. The normalized spacial score (nSPS) is 11.8.